The maximum Gasteiger partial charge on any atom is 0.0666 e. The zero-order valence-electron chi connectivity index (χ0n) is 9.05. The lowest BCUT2D eigenvalue weighted by atomic mass is 9.69. The minimum atomic E-state index is 0.373. The Morgan fingerprint density at radius 3 is 2.86 bits per heavy atom. The minimum absolute atomic E-state index is 0.373. The molecular formula is C11H20N2S. The SMILES string of the molecule is CCC1CSC(C)(C2C3CNC2C3)N1. The van der Waals surface area contributed by atoms with Crippen molar-refractivity contribution < 1.29 is 0 Å². The highest BCUT2D eigenvalue weighted by Crippen LogP contribution is 2.52. The Balaban J connectivity index is 1.72. The van der Waals surface area contributed by atoms with Crippen molar-refractivity contribution in [2.45, 2.75) is 43.6 Å². The van der Waals surface area contributed by atoms with Gasteiger partial charge < -0.3 is 5.32 Å². The molecule has 0 aromatic carbocycles. The Morgan fingerprint density at radius 1 is 1.50 bits per heavy atom. The second-order valence-corrected chi connectivity index (χ2v) is 6.67. The lowest BCUT2D eigenvalue weighted by Gasteiger charge is -2.45. The van der Waals surface area contributed by atoms with Crippen LogP contribution in [-0.4, -0.2) is 29.3 Å². The van der Waals surface area contributed by atoms with E-state index in [4.69, 9.17) is 0 Å². The molecule has 2 bridgehead atoms. The van der Waals surface area contributed by atoms with Gasteiger partial charge >= 0.3 is 0 Å². The summed E-state index contributed by atoms with van der Waals surface area (Å²) in [7, 11) is 0. The Bertz CT molecular complexity index is 231. The van der Waals surface area contributed by atoms with E-state index in [0.717, 1.165) is 23.9 Å². The van der Waals surface area contributed by atoms with Crippen molar-refractivity contribution in [2.75, 3.05) is 12.3 Å². The third-order valence-corrected chi connectivity index (χ3v) is 5.90. The smallest absolute Gasteiger partial charge is 0.0666 e. The molecule has 5 atom stereocenters. The van der Waals surface area contributed by atoms with Gasteiger partial charge in [0.05, 0.1) is 4.87 Å². The molecular weight excluding hydrogens is 192 g/mol. The molecule has 0 aromatic rings. The standard InChI is InChI=1S/C11H20N2S/c1-3-8-6-14-11(2,13-8)10-7-4-9(10)12-5-7/h7-10,12-13H,3-6H2,1-2H3. The first-order valence-electron chi connectivity index (χ1n) is 5.88. The summed E-state index contributed by atoms with van der Waals surface area (Å²) in [5.41, 5.74) is 0. The van der Waals surface area contributed by atoms with E-state index in [0.29, 0.717) is 4.87 Å². The van der Waals surface area contributed by atoms with Crippen molar-refractivity contribution in [2.24, 2.45) is 11.8 Å². The van der Waals surface area contributed by atoms with Gasteiger partial charge in [0, 0.05) is 23.8 Å². The van der Waals surface area contributed by atoms with E-state index in [1.807, 2.05) is 0 Å². The van der Waals surface area contributed by atoms with Crippen LogP contribution in [-0.2, 0) is 0 Å². The molecule has 4 rings (SSSR count). The summed E-state index contributed by atoms with van der Waals surface area (Å²) in [4.78, 5) is 0.373. The van der Waals surface area contributed by atoms with Crippen LogP contribution in [0.1, 0.15) is 26.7 Å². The molecule has 2 N–H and O–H groups in total. The molecule has 0 spiro atoms. The first-order chi connectivity index (χ1) is 6.73. The zero-order valence-corrected chi connectivity index (χ0v) is 9.86. The molecule has 1 saturated carbocycles. The number of rotatable bonds is 2. The van der Waals surface area contributed by atoms with Crippen LogP contribution < -0.4 is 10.6 Å². The quantitative estimate of drug-likeness (QED) is 0.724. The second-order valence-electron chi connectivity index (χ2n) is 5.20. The molecule has 3 saturated heterocycles. The summed E-state index contributed by atoms with van der Waals surface area (Å²) in [6.45, 7) is 5.98. The number of hydrogen-bond donors (Lipinski definition) is 2. The van der Waals surface area contributed by atoms with E-state index >= 15 is 0 Å². The number of hydrogen-bond acceptors (Lipinski definition) is 3. The molecule has 1 aliphatic carbocycles. The van der Waals surface area contributed by atoms with Crippen molar-refractivity contribution in [1.29, 1.82) is 0 Å². The first-order valence-corrected chi connectivity index (χ1v) is 6.86. The fourth-order valence-electron chi connectivity index (χ4n) is 3.48. The van der Waals surface area contributed by atoms with E-state index in [1.54, 1.807) is 0 Å². The molecule has 14 heavy (non-hydrogen) atoms. The van der Waals surface area contributed by atoms with Gasteiger partial charge in [0.2, 0.25) is 0 Å². The van der Waals surface area contributed by atoms with E-state index in [9.17, 15) is 0 Å². The summed E-state index contributed by atoms with van der Waals surface area (Å²) < 4.78 is 0. The summed E-state index contributed by atoms with van der Waals surface area (Å²) in [5, 5.41) is 7.47. The average Bonchev–Trinajstić information content (AvgIpc) is 2.76. The van der Waals surface area contributed by atoms with Crippen LogP contribution in [0.25, 0.3) is 0 Å². The number of nitrogens with one attached hydrogen (secondary N) is 2. The summed E-state index contributed by atoms with van der Waals surface area (Å²) in [6, 6.07) is 1.57. The summed E-state index contributed by atoms with van der Waals surface area (Å²) in [6.07, 6.45) is 2.71. The lowest BCUT2D eigenvalue weighted by Crippen LogP contribution is -2.56. The predicted molar refractivity (Wildman–Crippen MR) is 61.5 cm³/mol. The molecule has 3 heteroatoms. The van der Waals surface area contributed by atoms with Gasteiger partial charge in [-0.3, -0.25) is 5.32 Å². The van der Waals surface area contributed by atoms with Crippen molar-refractivity contribution in [1.82, 2.24) is 10.6 Å². The van der Waals surface area contributed by atoms with Crippen LogP contribution >= 0.6 is 11.8 Å². The third kappa shape index (κ3) is 1.18. The van der Waals surface area contributed by atoms with Crippen molar-refractivity contribution >= 4 is 11.8 Å². The van der Waals surface area contributed by atoms with Gasteiger partial charge in [0.25, 0.3) is 0 Å². The lowest BCUT2D eigenvalue weighted by molar-refractivity contribution is 0.144. The predicted octanol–water partition coefficient (Wildman–Crippen LogP) is 1.43. The van der Waals surface area contributed by atoms with E-state index in [2.05, 4.69) is 36.2 Å². The van der Waals surface area contributed by atoms with Gasteiger partial charge in [-0.2, -0.15) is 0 Å². The molecule has 0 aromatic heterocycles. The highest BCUT2D eigenvalue weighted by atomic mass is 32.2. The van der Waals surface area contributed by atoms with Crippen molar-refractivity contribution in [3.8, 4) is 0 Å². The van der Waals surface area contributed by atoms with E-state index < -0.39 is 0 Å². The molecule has 4 aliphatic rings. The molecule has 3 heterocycles. The van der Waals surface area contributed by atoms with E-state index in [-0.39, 0.29) is 0 Å². The largest absolute Gasteiger partial charge is 0.313 e. The fourth-order valence-corrected chi connectivity index (χ4v) is 5.15. The molecule has 5 unspecified atom stereocenters. The van der Waals surface area contributed by atoms with Gasteiger partial charge in [-0.25, -0.2) is 0 Å². The van der Waals surface area contributed by atoms with Crippen LogP contribution in [0.2, 0.25) is 0 Å². The van der Waals surface area contributed by atoms with Crippen molar-refractivity contribution in [3.05, 3.63) is 0 Å². The van der Waals surface area contributed by atoms with Crippen LogP contribution in [0.3, 0.4) is 0 Å². The molecule has 80 valence electrons. The first kappa shape index (κ1) is 9.49. The van der Waals surface area contributed by atoms with Gasteiger partial charge in [-0.15, -0.1) is 11.8 Å². The fraction of sp³-hybridized carbons (Fsp3) is 1.00. The van der Waals surface area contributed by atoms with Gasteiger partial charge in [0.15, 0.2) is 0 Å². The van der Waals surface area contributed by atoms with Crippen LogP contribution in [0.15, 0.2) is 0 Å². The second kappa shape index (κ2) is 3.13. The van der Waals surface area contributed by atoms with Crippen LogP contribution in [0.5, 0.6) is 0 Å². The zero-order chi connectivity index (χ0) is 9.76. The molecule has 2 nitrogen and oxygen atoms in total. The summed E-state index contributed by atoms with van der Waals surface area (Å²) >= 11 is 2.16. The number of fused-ring (bicyclic) bond motifs is 1. The number of thioether (sulfide) groups is 1. The monoisotopic (exact) mass is 212 g/mol. The van der Waals surface area contributed by atoms with Crippen LogP contribution in [0.4, 0.5) is 0 Å². The highest BCUT2D eigenvalue weighted by Gasteiger charge is 2.57. The molecule has 0 radical (unpaired) electrons. The van der Waals surface area contributed by atoms with Gasteiger partial charge in [0.1, 0.15) is 0 Å². The Hall–Kier alpha value is 0.270. The van der Waals surface area contributed by atoms with Crippen LogP contribution in [0, 0.1) is 11.8 Å². The third-order valence-electron chi connectivity index (χ3n) is 4.34. The topological polar surface area (TPSA) is 24.1 Å². The molecule has 0 amide bonds. The maximum atomic E-state index is 3.84. The van der Waals surface area contributed by atoms with E-state index in [1.165, 1.54) is 25.1 Å². The van der Waals surface area contributed by atoms with Crippen molar-refractivity contribution in [3.63, 3.8) is 0 Å². The van der Waals surface area contributed by atoms with Gasteiger partial charge in [-0.1, -0.05) is 6.92 Å². The van der Waals surface area contributed by atoms with Gasteiger partial charge in [-0.05, 0) is 32.2 Å². The molecule has 3 aliphatic heterocycles. The minimum Gasteiger partial charge on any atom is -0.313 e. The Morgan fingerprint density at radius 2 is 2.36 bits per heavy atom. The molecule has 4 fully saturated rings. The Labute approximate surface area is 90.6 Å². The Kier molecular flexibility index (Phi) is 2.12. The average molecular weight is 212 g/mol. The normalized spacial score (nSPS) is 56.1. The maximum absolute atomic E-state index is 3.84. The summed E-state index contributed by atoms with van der Waals surface area (Å²) in [5.74, 6) is 3.16. The highest BCUT2D eigenvalue weighted by molar-refractivity contribution is 8.00.